The predicted octanol–water partition coefficient (Wildman–Crippen LogP) is 2.31. The van der Waals surface area contributed by atoms with Crippen LogP contribution < -0.4 is 10.6 Å². The van der Waals surface area contributed by atoms with Gasteiger partial charge in [-0.25, -0.2) is 0 Å². The summed E-state index contributed by atoms with van der Waals surface area (Å²) >= 11 is 0. The second-order valence-corrected chi connectivity index (χ2v) is 7.00. The number of amides is 1. The second kappa shape index (κ2) is 12.2. The van der Waals surface area contributed by atoms with Crippen LogP contribution in [0.15, 0.2) is 27.8 Å². The normalized spacial score (nSPS) is 16.8. The Morgan fingerprint density at radius 3 is 2.63 bits per heavy atom. The number of piperidine rings is 1. The summed E-state index contributed by atoms with van der Waals surface area (Å²) in [5, 5.41) is 6.13. The van der Waals surface area contributed by atoms with Gasteiger partial charge >= 0.3 is 0 Å². The first-order chi connectivity index (χ1) is 12.5. The highest BCUT2D eigenvalue weighted by Crippen LogP contribution is 2.22. The third-order valence-corrected chi connectivity index (χ3v) is 4.91. The van der Waals surface area contributed by atoms with Crippen LogP contribution in [0.5, 0.6) is 0 Å². The summed E-state index contributed by atoms with van der Waals surface area (Å²) in [5.41, 5.74) is 0. The van der Waals surface area contributed by atoms with Gasteiger partial charge < -0.3 is 20.0 Å². The zero-order valence-corrected chi connectivity index (χ0v) is 19.2. The van der Waals surface area contributed by atoms with E-state index in [1.54, 1.807) is 13.3 Å². The summed E-state index contributed by atoms with van der Waals surface area (Å²) in [6.45, 7) is 5.43. The Balaban J connectivity index is 0.00000364. The highest BCUT2D eigenvalue weighted by molar-refractivity contribution is 14.0. The molecule has 154 valence electrons. The number of nitrogens with one attached hydrogen (secondary N) is 2. The molecule has 1 aliphatic rings. The number of hydrogen-bond acceptors (Lipinski definition) is 4. The molecule has 27 heavy (non-hydrogen) atoms. The van der Waals surface area contributed by atoms with Crippen LogP contribution in [0.2, 0.25) is 0 Å². The Hall–Kier alpha value is -1.29. The van der Waals surface area contributed by atoms with Gasteiger partial charge in [-0.2, -0.15) is 0 Å². The van der Waals surface area contributed by atoms with E-state index in [1.807, 2.05) is 26.2 Å². The molecule has 1 unspecified atom stereocenters. The molecule has 1 aliphatic heterocycles. The number of carbonyl (C=O) groups is 1. The number of nitrogens with zero attached hydrogens (tertiary/aromatic N) is 3. The van der Waals surface area contributed by atoms with Crippen LogP contribution in [-0.4, -0.2) is 69.0 Å². The standard InChI is InChI=1S/C19H33N5O2.HI/c1-5-21-19(22-14-16(23(3)4)17-7-6-12-26-17)24-10-8-15(9-11-24)13-18(25)20-2;/h6-7,12,15-16H,5,8-11,13-14H2,1-4H3,(H,20,25)(H,21,22);1H. The lowest BCUT2D eigenvalue weighted by atomic mass is 9.93. The van der Waals surface area contributed by atoms with E-state index in [0.717, 1.165) is 44.2 Å². The zero-order valence-electron chi connectivity index (χ0n) is 16.9. The van der Waals surface area contributed by atoms with Crippen LogP contribution in [0.3, 0.4) is 0 Å². The quantitative estimate of drug-likeness (QED) is 0.348. The van der Waals surface area contributed by atoms with Gasteiger partial charge in [0.05, 0.1) is 18.8 Å². The number of likely N-dealkylation sites (N-methyl/N-ethyl adjacent to an activating group) is 1. The number of halogens is 1. The van der Waals surface area contributed by atoms with Crippen molar-refractivity contribution in [2.45, 2.75) is 32.2 Å². The first-order valence-corrected chi connectivity index (χ1v) is 9.48. The largest absolute Gasteiger partial charge is 0.468 e. The number of hydrogen-bond donors (Lipinski definition) is 2. The minimum Gasteiger partial charge on any atom is -0.468 e. The molecule has 2 heterocycles. The van der Waals surface area contributed by atoms with Gasteiger partial charge in [-0.1, -0.05) is 0 Å². The van der Waals surface area contributed by atoms with Crippen molar-refractivity contribution in [3.63, 3.8) is 0 Å². The van der Waals surface area contributed by atoms with Crippen LogP contribution in [0.4, 0.5) is 0 Å². The van der Waals surface area contributed by atoms with E-state index in [0.29, 0.717) is 18.9 Å². The van der Waals surface area contributed by atoms with Crippen molar-refractivity contribution in [3.05, 3.63) is 24.2 Å². The molecule has 0 bridgehead atoms. The molecular weight excluding hydrogens is 457 g/mol. The Bertz CT molecular complexity index is 569. The molecular formula is C19H34IN5O2. The first-order valence-electron chi connectivity index (χ1n) is 9.48. The number of likely N-dealkylation sites (tertiary alicyclic amines) is 1. The second-order valence-electron chi connectivity index (χ2n) is 7.00. The summed E-state index contributed by atoms with van der Waals surface area (Å²) in [5.74, 6) is 2.48. The maximum atomic E-state index is 11.6. The fraction of sp³-hybridized carbons (Fsp3) is 0.684. The van der Waals surface area contributed by atoms with Crippen LogP contribution in [0.1, 0.15) is 38.0 Å². The van der Waals surface area contributed by atoms with Crippen molar-refractivity contribution >= 4 is 35.8 Å². The minimum absolute atomic E-state index is 0. The third kappa shape index (κ3) is 7.33. The fourth-order valence-corrected chi connectivity index (χ4v) is 3.30. The number of aliphatic imine (C=N–C) groups is 1. The monoisotopic (exact) mass is 491 g/mol. The lowest BCUT2D eigenvalue weighted by Crippen LogP contribution is -2.46. The van der Waals surface area contributed by atoms with E-state index in [9.17, 15) is 4.79 Å². The molecule has 1 saturated heterocycles. The molecule has 2 rings (SSSR count). The average molecular weight is 491 g/mol. The molecule has 8 heteroatoms. The van der Waals surface area contributed by atoms with Gasteiger partial charge in [0.2, 0.25) is 5.91 Å². The van der Waals surface area contributed by atoms with Crippen molar-refractivity contribution in [1.29, 1.82) is 0 Å². The van der Waals surface area contributed by atoms with Gasteiger partial charge in [-0.05, 0) is 51.9 Å². The summed E-state index contributed by atoms with van der Waals surface area (Å²) in [6, 6.07) is 4.03. The van der Waals surface area contributed by atoms with Crippen molar-refractivity contribution in [2.75, 3.05) is 47.3 Å². The molecule has 0 aliphatic carbocycles. The van der Waals surface area contributed by atoms with Crippen LogP contribution in [0, 0.1) is 5.92 Å². The molecule has 1 aromatic rings. The third-order valence-electron chi connectivity index (χ3n) is 4.91. The topological polar surface area (TPSA) is 73.1 Å². The summed E-state index contributed by atoms with van der Waals surface area (Å²) in [7, 11) is 5.79. The first kappa shape index (κ1) is 23.7. The van der Waals surface area contributed by atoms with E-state index in [1.165, 1.54) is 0 Å². The fourth-order valence-electron chi connectivity index (χ4n) is 3.30. The molecule has 7 nitrogen and oxygen atoms in total. The van der Waals surface area contributed by atoms with Crippen molar-refractivity contribution in [2.24, 2.45) is 10.9 Å². The van der Waals surface area contributed by atoms with Gasteiger partial charge in [-0.3, -0.25) is 14.7 Å². The SMILES string of the molecule is CCNC(=NCC(c1ccco1)N(C)C)N1CCC(CC(=O)NC)CC1.I. The van der Waals surface area contributed by atoms with Gasteiger partial charge in [0, 0.05) is 33.1 Å². The lowest BCUT2D eigenvalue weighted by Gasteiger charge is -2.34. The Morgan fingerprint density at radius 2 is 2.11 bits per heavy atom. The van der Waals surface area contributed by atoms with Crippen LogP contribution in [-0.2, 0) is 4.79 Å². The van der Waals surface area contributed by atoms with E-state index in [4.69, 9.17) is 9.41 Å². The van der Waals surface area contributed by atoms with Crippen molar-refractivity contribution < 1.29 is 9.21 Å². The van der Waals surface area contributed by atoms with E-state index in [-0.39, 0.29) is 35.9 Å². The lowest BCUT2D eigenvalue weighted by molar-refractivity contribution is -0.121. The Kier molecular flexibility index (Phi) is 10.8. The highest BCUT2D eigenvalue weighted by atomic mass is 127. The number of furan rings is 1. The average Bonchev–Trinajstić information content (AvgIpc) is 3.15. The summed E-state index contributed by atoms with van der Waals surface area (Å²) < 4.78 is 5.57. The van der Waals surface area contributed by atoms with E-state index < -0.39 is 0 Å². The van der Waals surface area contributed by atoms with Crippen molar-refractivity contribution in [3.8, 4) is 0 Å². The molecule has 1 fully saturated rings. The zero-order chi connectivity index (χ0) is 18.9. The summed E-state index contributed by atoms with van der Waals surface area (Å²) in [6.07, 6.45) is 4.37. The molecule has 0 radical (unpaired) electrons. The minimum atomic E-state index is 0. The van der Waals surface area contributed by atoms with Gasteiger partial charge in [0.15, 0.2) is 5.96 Å². The maximum absolute atomic E-state index is 11.6. The molecule has 0 aromatic carbocycles. The predicted molar refractivity (Wildman–Crippen MR) is 120 cm³/mol. The molecule has 1 aromatic heterocycles. The molecule has 0 saturated carbocycles. The maximum Gasteiger partial charge on any atom is 0.220 e. The smallest absolute Gasteiger partial charge is 0.220 e. The van der Waals surface area contributed by atoms with E-state index in [2.05, 4.69) is 27.4 Å². The Morgan fingerprint density at radius 1 is 1.41 bits per heavy atom. The number of rotatable bonds is 7. The molecule has 0 spiro atoms. The van der Waals surface area contributed by atoms with Crippen molar-refractivity contribution in [1.82, 2.24) is 20.4 Å². The van der Waals surface area contributed by atoms with Gasteiger partial charge in [0.25, 0.3) is 0 Å². The van der Waals surface area contributed by atoms with Crippen LogP contribution in [0.25, 0.3) is 0 Å². The summed E-state index contributed by atoms with van der Waals surface area (Å²) in [4.78, 5) is 20.9. The molecule has 1 atom stereocenters. The van der Waals surface area contributed by atoms with Gasteiger partial charge in [-0.15, -0.1) is 24.0 Å². The number of guanidine groups is 1. The highest BCUT2D eigenvalue weighted by Gasteiger charge is 2.24. The molecule has 2 N–H and O–H groups in total. The Labute approximate surface area is 180 Å². The van der Waals surface area contributed by atoms with Crippen LogP contribution >= 0.6 is 24.0 Å². The molecule has 1 amide bonds. The van der Waals surface area contributed by atoms with E-state index >= 15 is 0 Å². The number of carbonyl (C=O) groups excluding carboxylic acids is 1. The van der Waals surface area contributed by atoms with Gasteiger partial charge in [0.1, 0.15) is 5.76 Å².